The first kappa shape index (κ1) is 20.9. The Hall–Kier alpha value is -2.83. The molecule has 5 nitrogen and oxygen atoms in total. The molecule has 1 aromatic heterocycles. The summed E-state index contributed by atoms with van der Waals surface area (Å²) in [7, 11) is 1.63. The summed E-state index contributed by atoms with van der Waals surface area (Å²) in [6, 6.07) is 21.6. The normalized spacial score (nSPS) is 10.3. The predicted octanol–water partition coefficient (Wildman–Crippen LogP) is 6.15. The van der Waals surface area contributed by atoms with E-state index in [1.54, 1.807) is 13.4 Å². The fraction of sp³-hybridized carbons (Fsp3) is 0.0909. The molecule has 0 bridgehead atoms. The first-order valence-electron chi connectivity index (χ1n) is 8.75. The Morgan fingerprint density at radius 3 is 2.55 bits per heavy atom. The van der Waals surface area contributed by atoms with Crippen LogP contribution in [0.25, 0.3) is 10.9 Å². The van der Waals surface area contributed by atoms with E-state index in [1.165, 1.54) is 0 Å². The van der Waals surface area contributed by atoms with Gasteiger partial charge in [0, 0.05) is 27.2 Å². The number of para-hydroxylation sites is 1. The minimum atomic E-state index is 0. The molecule has 29 heavy (non-hydrogen) atoms. The van der Waals surface area contributed by atoms with Crippen LogP contribution in [0.4, 0.5) is 11.5 Å². The number of halogens is 2. The van der Waals surface area contributed by atoms with E-state index in [2.05, 4.69) is 31.2 Å². The maximum atomic E-state index is 5.96. The van der Waals surface area contributed by atoms with E-state index < -0.39 is 0 Å². The van der Waals surface area contributed by atoms with Gasteiger partial charge >= 0.3 is 0 Å². The first-order chi connectivity index (χ1) is 13.7. The molecule has 0 fully saturated rings. The van der Waals surface area contributed by atoms with Gasteiger partial charge in [-0.15, -0.1) is 12.4 Å². The third kappa shape index (κ3) is 4.78. The number of anilines is 2. The Kier molecular flexibility index (Phi) is 6.90. The lowest BCUT2D eigenvalue weighted by Gasteiger charge is -2.14. The van der Waals surface area contributed by atoms with Gasteiger partial charge in [0.05, 0.1) is 12.6 Å². The smallest absolute Gasteiger partial charge is 0.162 e. The van der Waals surface area contributed by atoms with E-state index in [-0.39, 0.29) is 12.4 Å². The molecule has 4 aromatic rings. The van der Waals surface area contributed by atoms with Crippen LogP contribution in [0.1, 0.15) is 5.56 Å². The number of hydrogen-bond donors (Lipinski definition) is 1. The number of benzene rings is 3. The Bertz CT molecular complexity index is 1120. The Labute approximate surface area is 183 Å². The minimum absolute atomic E-state index is 0. The zero-order valence-electron chi connectivity index (χ0n) is 15.6. The fourth-order valence-electron chi connectivity index (χ4n) is 2.88. The molecule has 0 saturated carbocycles. The second kappa shape index (κ2) is 9.58. The van der Waals surface area contributed by atoms with E-state index in [1.807, 2.05) is 66.7 Å². The highest BCUT2D eigenvalue weighted by Crippen LogP contribution is 2.33. The van der Waals surface area contributed by atoms with Crippen LogP contribution in [0.3, 0.4) is 0 Å². The molecule has 0 saturated heterocycles. The molecule has 1 N–H and O–H groups in total. The SMILES string of the molecule is COc1cc(Nc2ncnc3ccccc23)ccc1OCc1ccccc1Br.Cl. The van der Waals surface area contributed by atoms with Crippen LogP contribution in [-0.4, -0.2) is 17.1 Å². The van der Waals surface area contributed by atoms with E-state index >= 15 is 0 Å². The van der Waals surface area contributed by atoms with Crippen LogP contribution in [0, 0.1) is 0 Å². The molecule has 0 aliphatic carbocycles. The average Bonchev–Trinajstić information content (AvgIpc) is 2.74. The first-order valence-corrected chi connectivity index (χ1v) is 9.55. The molecule has 0 radical (unpaired) electrons. The highest BCUT2D eigenvalue weighted by Gasteiger charge is 2.09. The molecular weight excluding hydrogens is 454 g/mol. The maximum Gasteiger partial charge on any atom is 0.162 e. The Morgan fingerprint density at radius 1 is 0.931 bits per heavy atom. The number of ether oxygens (including phenoxy) is 2. The van der Waals surface area contributed by atoms with E-state index in [0.29, 0.717) is 18.1 Å². The van der Waals surface area contributed by atoms with Gasteiger partial charge in [-0.05, 0) is 30.3 Å². The molecule has 148 valence electrons. The van der Waals surface area contributed by atoms with Gasteiger partial charge in [0.25, 0.3) is 0 Å². The van der Waals surface area contributed by atoms with Crippen molar-refractivity contribution in [3.8, 4) is 11.5 Å². The summed E-state index contributed by atoms with van der Waals surface area (Å²) in [6.45, 7) is 0.446. The van der Waals surface area contributed by atoms with Crippen molar-refractivity contribution in [3.63, 3.8) is 0 Å². The standard InChI is InChI=1S/C22H18BrN3O2.ClH/c1-27-21-12-16(26-22-17-7-3-5-9-19(17)24-14-25-22)10-11-20(21)28-13-15-6-2-4-8-18(15)23;/h2-12,14H,13H2,1H3,(H,24,25,26);1H. The van der Waals surface area contributed by atoms with Crippen LogP contribution in [0.2, 0.25) is 0 Å². The lowest BCUT2D eigenvalue weighted by atomic mass is 10.2. The van der Waals surface area contributed by atoms with Crippen molar-refractivity contribution >= 4 is 50.7 Å². The average molecular weight is 473 g/mol. The maximum absolute atomic E-state index is 5.96. The topological polar surface area (TPSA) is 56.3 Å². The van der Waals surface area contributed by atoms with Crippen LogP contribution in [0.15, 0.2) is 77.5 Å². The molecule has 0 spiro atoms. The summed E-state index contributed by atoms with van der Waals surface area (Å²) in [6.07, 6.45) is 1.55. The zero-order valence-corrected chi connectivity index (χ0v) is 18.0. The van der Waals surface area contributed by atoms with Crippen LogP contribution in [0.5, 0.6) is 11.5 Å². The Balaban J connectivity index is 0.00000240. The second-order valence-corrected chi connectivity index (χ2v) is 6.96. The third-order valence-electron chi connectivity index (χ3n) is 4.31. The van der Waals surface area contributed by atoms with Gasteiger partial charge in [0.15, 0.2) is 11.5 Å². The molecule has 0 amide bonds. The number of rotatable bonds is 6. The van der Waals surface area contributed by atoms with E-state index in [0.717, 1.165) is 32.4 Å². The second-order valence-electron chi connectivity index (χ2n) is 6.11. The number of hydrogen-bond acceptors (Lipinski definition) is 5. The van der Waals surface area contributed by atoms with Gasteiger partial charge in [0.1, 0.15) is 18.8 Å². The molecular formula is C22H19BrClN3O2. The van der Waals surface area contributed by atoms with Crippen molar-refractivity contribution in [1.82, 2.24) is 9.97 Å². The van der Waals surface area contributed by atoms with Crippen LogP contribution in [-0.2, 0) is 6.61 Å². The molecule has 0 aliphatic rings. The largest absolute Gasteiger partial charge is 0.493 e. The van der Waals surface area contributed by atoms with Gasteiger partial charge in [-0.25, -0.2) is 9.97 Å². The number of nitrogens with one attached hydrogen (secondary N) is 1. The monoisotopic (exact) mass is 471 g/mol. The molecule has 0 aliphatic heterocycles. The van der Waals surface area contributed by atoms with Crippen molar-refractivity contribution in [3.05, 3.63) is 83.1 Å². The number of aromatic nitrogens is 2. The molecule has 3 aromatic carbocycles. The minimum Gasteiger partial charge on any atom is -0.493 e. The number of methoxy groups -OCH3 is 1. The zero-order chi connectivity index (χ0) is 19.3. The summed E-state index contributed by atoms with van der Waals surface area (Å²) < 4.78 is 12.5. The lowest BCUT2D eigenvalue weighted by molar-refractivity contribution is 0.284. The Morgan fingerprint density at radius 2 is 1.72 bits per heavy atom. The summed E-state index contributed by atoms with van der Waals surface area (Å²) in [5, 5.41) is 4.29. The van der Waals surface area contributed by atoms with Crippen molar-refractivity contribution in [1.29, 1.82) is 0 Å². The van der Waals surface area contributed by atoms with Gasteiger partial charge in [-0.2, -0.15) is 0 Å². The molecule has 1 heterocycles. The van der Waals surface area contributed by atoms with Crippen LogP contribution >= 0.6 is 28.3 Å². The highest BCUT2D eigenvalue weighted by atomic mass is 79.9. The number of nitrogens with zero attached hydrogens (tertiary/aromatic N) is 2. The lowest BCUT2D eigenvalue weighted by Crippen LogP contribution is -2.00. The summed E-state index contributed by atoms with van der Waals surface area (Å²) >= 11 is 3.54. The van der Waals surface area contributed by atoms with Gasteiger partial charge in [-0.3, -0.25) is 0 Å². The summed E-state index contributed by atoms with van der Waals surface area (Å²) in [5.41, 5.74) is 2.81. The number of fused-ring (bicyclic) bond motifs is 1. The predicted molar refractivity (Wildman–Crippen MR) is 122 cm³/mol. The molecule has 0 unspecified atom stereocenters. The molecule has 7 heteroatoms. The van der Waals surface area contributed by atoms with Crippen LogP contribution < -0.4 is 14.8 Å². The van der Waals surface area contributed by atoms with Crippen molar-refractivity contribution in [2.24, 2.45) is 0 Å². The van der Waals surface area contributed by atoms with Gasteiger partial charge < -0.3 is 14.8 Å². The summed E-state index contributed by atoms with van der Waals surface area (Å²) in [5.74, 6) is 2.07. The van der Waals surface area contributed by atoms with Crippen molar-refractivity contribution in [2.75, 3.05) is 12.4 Å². The van der Waals surface area contributed by atoms with E-state index in [9.17, 15) is 0 Å². The van der Waals surface area contributed by atoms with Crippen molar-refractivity contribution < 1.29 is 9.47 Å². The fourth-order valence-corrected chi connectivity index (χ4v) is 3.28. The third-order valence-corrected chi connectivity index (χ3v) is 5.08. The molecule has 4 rings (SSSR count). The molecule has 0 atom stereocenters. The quantitative estimate of drug-likeness (QED) is 0.365. The summed E-state index contributed by atoms with van der Waals surface area (Å²) in [4.78, 5) is 8.66. The van der Waals surface area contributed by atoms with Gasteiger partial charge in [-0.1, -0.05) is 46.3 Å². The van der Waals surface area contributed by atoms with Gasteiger partial charge in [0.2, 0.25) is 0 Å². The van der Waals surface area contributed by atoms with E-state index in [4.69, 9.17) is 9.47 Å². The highest BCUT2D eigenvalue weighted by molar-refractivity contribution is 9.10. The van der Waals surface area contributed by atoms with Crippen molar-refractivity contribution in [2.45, 2.75) is 6.61 Å².